The van der Waals surface area contributed by atoms with Gasteiger partial charge in [-0.15, -0.1) is 0 Å². The first-order valence-corrected chi connectivity index (χ1v) is 10.9. The molecule has 1 N–H and O–H groups in total. The number of hydrogen-bond donors (Lipinski definition) is 1. The standard InChI is InChI=1S/C25H20ClFN4O4/c1-16-11-24(29-30(16)14-19-5-6-20(27)13-23(19)26)28-25(32)18-4-2-3-17(12-18)15-35-22-9-7-21(8-10-22)31(33)34/h2-13H,14-15H2,1H3,(H,28,29,32). The van der Waals surface area contributed by atoms with Crippen LogP contribution in [0.25, 0.3) is 0 Å². The van der Waals surface area contributed by atoms with Gasteiger partial charge < -0.3 is 10.1 Å². The molecule has 0 aliphatic carbocycles. The van der Waals surface area contributed by atoms with Gasteiger partial charge >= 0.3 is 0 Å². The molecule has 0 fully saturated rings. The van der Waals surface area contributed by atoms with E-state index >= 15 is 0 Å². The number of amides is 1. The molecule has 0 aliphatic heterocycles. The Balaban J connectivity index is 1.40. The molecule has 0 spiro atoms. The number of nitro groups is 1. The summed E-state index contributed by atoms with van der Waals surface area (Å²) in [5, 5.41) is 18.2. The van der Waals surface area contributed by atoms with Crippen LogP contribution in [0.15, 0.2) is 72.8 Å². The van der Waals surface area contributed by atoms with Crippen LogP contribution in [0.5, 0.6) is 5.75 Å². The zero-order valence-corrected chi connectivity index (χ0v) is 19.3. The Labute approximate surface area is 205 Å². The second-order valence-electron chi connectivity index (χ2n) is 7.76. The molecule has 8 nitrogen and oxygen atoms in total. The van der Waals surface area contributed by atoms with E-state index in [0.29, 0.717) is 34.3 Å². The maximum absolute atomic E-state index is 13.3. The first kappa shape index (κ1) is 23.9. The third kappa shape index (κ3) is 6.01. The van der Waals surface area contributed by atoms with Crippen LogP contribution in [-0.2, 0) is 13.2 Å². The number of ether oxygens (including phenoxy) is 1. The predicted octanol–water partition coefficient (Wildman–Crippen LogP) is 5.77. The molecule has 0 saturated heterocycles. The van der Waals surface area contributed by atoms with Crippen molar-refractivity contribution >= 4 is 29.0 Å². The van der Waals surface area contributed by atoms with Crippen LogP contribution in [0, 0.1) is 22.9 Å². The maximum Gasteiger partial charge on any atom is 0.269 e. The quantitative estimate of drug-likeness (QED) is 0.247. The number of aryl methyl sites for hydroxylation is 1. The second kappa shape index (κ2) is 10.4. The summed E-state index contributed by atoms with van der Waals surface area (Å²) in [5.74, 6) is 0.0990. The first-order valence-electron chi connectivity index (χ1n) is 10.5. The molecule has 35 heavy (non-hydrogen) atoms. The molecule has 1 heterocycles. The van der Waals surface area contributed by atoms with Gasteiger partial charge in [-0.25, -0.2) is 4.39 Å². The molecule has 4 rings (SSSR count). The van der Waals surface area contributed by atoms with Crippen molar-refractivity contribution in [1.29, 1.82) is 0 Å². The van der Waals surface area contributed by atoms with Gasteiger partial charge in [0.2, 0.25) is 0 Å². The minimum absolute atomic E-state index is 0.0190. The number of hydrogen-bond acceptors (Lipinski definition) is 5. The summed E-state index contributed by atoms with van der Waals surface area (Å²) in [6, 6.07) is 18.6. The number of nitro benzene ring substituents is 1. The molecule has 10 heteroatoms. The highest BCUT2D eigenvalue weighted by Gasteiger charge is 2.13. The van der Waals surface area contributed by atoms with E-state index in [9.17, 15) is 19.3 Å². The fourth-order valence-electron chi connectivity index (χ4n) is 3.36. The summed E-state index contributed by atoms with van der Waals surface area (Å²) >= 11 is 6.11. The Morgan fingerprint density at radius 1 is 1.14 bits per heavy atom. The van der Waals surface area contributed by atoms with E-state index in [4.69, 9.17) is 16.3 Å². The molecule has 0 unspecified atom stereocenters. The predicted molar refractivity (Wildman–Crippen MR) is 129 cm³/mol. The lowest BCUT2D eigenvalue weighted by Gasteiger charge is -2.08. The number of carbonyl (C=O) groups excluding carboxylic acids is 1. The number of anilines is 1. The normalized spacial score (nSPS) is 10.7. The molecule has 0 bridgehead atoms. The van der Waals surface area contributed by atoms with E-state index in [0.717, 1.165) is 11.3 Å². The van der Waals surface area contributed by atoms with E-state index in [2.05, 4.69) is 10.4 Å². The van der Waals surface area contributed by atoms with E-state index in [1.54, 1.807) is 35.0 Å². The van der Waals surface area contributed by atoms with E-state index in [1.165, 1.54) is 36.4 Å². The molecule has 0 atom stereocenters. The summed E-state index contributed by atoms with van der Waals surface area (Å²) in [5.41, 5.74) is 2.66. The van der Waals surface area contributed by atoms with Crippen molar-refractivity contribution in [2.24, 2.45) is 0 Å². The molecule has 0 saturated carbocycles. The molecule has 1 aromatic heterocycles. The van der Waals surface area contributed by atoms with Crippen molar-refractivity contribution in [3.63, 3.8) is 0 Å². The van der Waals surface area contributed by atoms with Gasteiger partial charge in [0.25, 0.3) is 11.6 Å². The van der Waals surface area contributed by atoms with E-state index in [-0.39, 0.29) is 18.2 Å². The summed E-state index contributed by atoms with van der Waals surface area (Å²) < 4.78 is 20.6. The number of non-ortho nitro benzene ring substituents is 1. The van der Waals surface area contributed by atoms with Gasteiger partial charge in [-0.2, -0.15) is 5.10 Å². The lowest BCUT2D eigenvalue weighted by atomic mass is 10.1. The highest BCUT2D eigenvalue weighted by molar-refractivity contribution is 6.31. The summed E-state index contributed by atoms with van der Waals surface area (Å²) in [6.45, 7) is 2.36. The minimum atomic E-state index is -0.478. The summed E-state index contributed by atoms with van der Waals surface area (Å²) in [7, 11) is 0. The molecular weight excluding hydrogens is 475 g/mol. The second-order valence-corrected chi connectivity index (χ2v) is 8.17. The summed E-state index contributed by atoms with van der Waals surface area (Å²) in [4.78, 5) is 23.1. The van der Waals surface area contributed by atoms with Gasteiger partial charge in [0.1, 0.15) is 18.2 Å². The first-order chi connectivity index (χ1) is 16.8. The lowest BCUT2D eigenvalue weighted by Crippen LogP contribution is -2.13. The average molecular weight is 495 g/mol. The van der Waals surface area contributed by atoms with Crippen LogP contribution in [-0.4, -0.2) is 20.6 Å². The highest BCUT2D eigenvalue weighted by atomic mass is 35.5. The number of benzene rings is 3. The molecule has 0 aliphatic rings. The van der Waals surface area contributed by atoms with Gasteiger partial charge in [-0.1, -0.05) is 29.8 Å². The summed E-state index contributed by atoms with van der Waals surface area (Å²) in [6.07, 6.45) is 0. The number of carbonyl (C=O) groups is 1. The smallest absolute Gasteiger partial charge is 0.269 e. The van der Waals surface area contributed by atoms with Crippen molar-refractivity contribution in [3.8, 4) is 5.75 Å². The Bertz CT molecular complexity index is 1390. The van der Waals surface area contributed by atoms with Crippen LogP contribution in [0.4, 0.5) is 15.9 Å². The van der Waals surface area contributed by atoms with E-state index in [1.807, 2.05) is 13.0 Å². The van der Waals surface area contributed by atoms with Gasteiger partial charge in [-0.05, 0) is 54.4 Å². The van der Waals surface area contributed by atoms with Crippen LogP contribution in [0.1, 0.15) is 27.2 Å². The Morgan fingerprint density at radius 2 is 1.91 bits per heavy atom. The third-order valence-electron chi connectivity index (χ3n) is 5.20. The number of halogens is 2. The number of nitrogens with zero attached hydrogens (tertiary/aromatic N) is 3. The highest BCUT2D eigenvalue weighted by Crippen LogP contribution is 2.21. The lowest BCUT2D eigenvalue weighted by molar-refractivity contribution is -0.384. The maximum atomic E-state index is 13.3. The van der Waals surface area contributed by atoms with Gasteiger partial charge in [0, 0.05) is 34.5 Å². The number of aromatic nitrogens is 2. The fraction of sp³-hybridized carbons (Fsp3) is 0.120. The Morgan fingerprint density at radius 3 is 2.63 bits per heavy atom. The Kier molecular flexibility index (Phi) is 7.07. The Hall–Kier alpha value is -4.24. The van der Waals surface area contributed by atoms with Crippen LogP contribution >= 0.6 is 11.6 Å². The van der Waals surface area contributed by atoms with E-state index < -0.39 is 10.7 Å². The average Bonchev–Trinajstić information content (AvgIpc) is 3.18. The number of nitrogens with one attached hydrogen (secondary N) is 1. The monoisotopic (exact) mass is 494 g/mol. The van der Waals surface area contributed by atoms with Crippen LogP contribution in [0.3, 0.4) is 0 Å². The molecular formula is C25H20ClFN4O4. The largest absolute Gasteiger partial charge is 0.489 e. The molecule has 1 amide bonds. The van der Waals surface area contributed by atoms with Crippen molar-refractivity contribution in [1.82, 2.24) is 9.78 Å². The van der Waals surface area contributed by atoms with Crippen molar-refractivity contribution < 1.29 is 18.8 Å². The van der Waals surface area contributed by atoms with Gasteiger partial charge in [0.15, 0.2) is 5.82 Å². The van der Waals surface area contributed by atoms with Crippen molar-refractivity contribution in [2.45, 2.75) is 20.1 Å². The fourth-order valence-corrected chi connectivity index (χ4v) is 3.59. The zero-order chi connectivity index (χ0) is 24.9. The molecule has 3 aromatic carbocycles. The van der Waals surface area contributed by atoms with Crippen molar-refractivity contribution in [3.05, 3.63) is 116 Å². The number of rotatable bonds is 8. The van der Waals surface area contributed by atoms with Crippen LogP contribution in [0.2, 0.25) is 5.02 Å². The molecule has 0 radical (unpaired) electrons. The van der Waals surface area contributed by atoms with Gasteiger partial charge in [-0.3, -0.25) is 19.6 Å². The molecule has 178 valence electrons. The van der Waals surface area contributed by atoms with Gasteiger partial charge in [0.05, 0.1) is 11.5 Å². The zero-order valence-electron chi connectivity index (χ0n) is 18.6. The SMILES string of the molecule is Cc1cc(NC(=O)c2cccc(COc3ccc([N+](=O)[O-])cc3)c2)nn1Cc1ccc(F)cc1Cl. The molecule has 4 aromatic rings. The third-order valence-corrected chi connectivity index (χ3v) is 5.55. The van der Waals surface area contributed by atoms with Crippen molar-refractivity contribution in [2.75, 3.05) is 5.32 Å². The van der Waals surface area contributed by atoms with Crippen LogP contribution < -0.4 is 10.1 Å². The topological polar surface area (TPSA) is 99.3 Å². The minimum Gasteiger partial charge on any atom is -0.489 e.